The molecule has 0 spiro atoms. The number of halogens is 1. The van der Waals surface area contributed by atoms with E-state index in [-0.39, 0.29) is 12.4 Å². The zero-order valence-corrected chi connectivity index (χ0v) is 15.0. The Kier molecular flexibility index (Phi) is 6.31. The van der Waals surface area contributed by atoms with Gasteiger partial charge in [-0.3, -0.25) is 0 Å². The van der Waals surface area contributed by atoms with E-state index in [1.807, 2.05) is 0 Å². The van der Waals surface area contributed by atoms with Crippen LogP contribution in [0.5, 0.6) is 5.75 Å². The van der Waals surface area contributed by atoms with Gasteiger partial charge in [-0.25, -0.2) is 8.42 Å². The molecule has 2 aliphatic rings. The van der Waals surface area contributed by atoms with Gasteiger partial charge < -0.3 is 10.1 Å². The molecule has 1 heterocycles. The molecule has 0 atom stereocenters. The molecule has 5 nitrogen and oxygen atoms in total. The van der Waals surface area contributed by atoms with Crippen LogP contribution in [-0.2, 0) is 10.0 Å². The number of piperidine rings is 1. The highest BCUT2D eigenvalue weighted by atomic mass is 35.5. The summed E-state index contributed by atoms with van der Waals surface area (Å²) in [5.74, 6) is 1.53. The van der Waals surface area contributed by atoms with Crippen LogP contribution in [0.3, 0.4) is 0 Å². The molecule has 2 fully saturated rings. The highest BCUT2D eigenvalue weighted by Crippen LogP contribution is 2.28. The van der Waals surface area contributed by atoms with Crippen molar-refractivity contribution in [3.8, 4) is 5.75 Å². The molecule has 1 saturated heterocycles. The summed E-state index contributed by atoms with van der Waals surface area (Å²) >= 11 is 0. The molecule has 1 saturated carbocycles. The van der Waals surface area contributed by atoms with Gasteiger partial charge in [0, 0.05) is 19.1 Å². The van der Waals surface area contributed by atoms with E-state index in [9.17, 15) is 8.42 Å². The van der Waals surface area contributed by atoms with Gasteiger partial charge in [-0.2, -0.15) is 4.31 Å². The predicted molar refractivity (Wildman–Crippen MR) is 92.7 cm³/mol. The number of nitrogens with zero attached hydrogens (tertiary/aromatic N) is 1. The number of nitrogens with one attached hydrogen (secondary N) is 1. The molecule has 23 heavy (non-hydrogen) atoms. The van der Waals surface area contributed by atoms with Crippen molar-refractivity contribution >= 4 is 22.4 Å². The molecule has 130 valence electrons. The van der Waals surface area contributed by atoms with Gasteiger partial charge >= 0.3 is 0 Å². The minimum atomic E-state index is -3.38. The van der Waals surface area contributed by atoms with Crippen LogP contribution in [0.15, 0.2) is 29.2 Å². The zero-order chi connectivity index (χ0) is 15.6. The van der Waals surface area contributed by atoms with Gasteiger partial charge in [0.05, 0.1) is 12.0 Å². The summed E-state index contributed by atoms with van der Waals surface area (Å²) in [4.78, 5) is 0.345. The van der Waals surface area contributed by atoms with Crippen LogP contribution in [0.4, 0.5) is 0 Å². The summed E-state index contributed by atoms with van der Waals surface area (Å²) in [7, 11) is -1.81. The third-order valence-electron chi connectivity index (χ3n) is 4.54. The lowest BCUT2D eigenvalue weighted by atomic mass is 10.1. The molecule has 0 unspecified atom stereocenters. The van der Waals surface area contributed by atoms with E-state index in [1.165, 1.54) is 12.8 Å². The van der Waals surface area contributed by atoms with Crippen LogP contribution < -0.4 is 10.1 Å². The molecule has 1 N–H and O–H groups in total. The normalized spacial score (nSPS) is 20.0. The summed E-state index contributed by atoms with van der Waals surface area (Å²) in [5.41, 5.74) is 0. The fourth-order valence-corrected chi connectivity index (χ4v) is 4.32. The number of methoxy groups -OCH3 is 1. The van der Waals surface area contributed by atoms with Gasteiger partial charge in [-0.1, -0.05) is 0 Å². The quantitative estimate of drug-likeness (QED) is 0.845. The van der Waals surface area contributed by atoms with E-state index in [0.29, 0.717) is 29.8 Å². The Morgan fingerprint density at radius 3 is 2.26 bits per heavy atom. The first kappa shape index (κ1) is 18.5. The zero-order valence-electron chi connectivity index (χ0n) is 13.4. The monoisotopic (exact) mass is 360 g/mol. The first-order chi connectivity index (χ1) is 10.6. The van der Waals surface area contributed by atoms with Crippen molar-refractivity contribution in [1.29, 1.82) is 0 Å². The van der Waals surface area contributed by atoms with Crippen LogP contribution in [0.1, 0.15) is 25.7 Å². The Hall–Kier alpha value is -0.820. The molecule has 1 aromatic rings. The molecule has 1 aromatic carbocycles. The van der Waals surface area contributed by atoms with E-state index in [4.69, 9.17) is 4.74 Å². The number of hydrogen-bond donors (Lipinski definition) is 1. The Balaban J connectivity index is 0.00000192. The van der Waals surface area contributed by atoms with Crippen LogP contribution in [0.2, 0.25) is 0 Å². The van der Waals surface area contributed by atoms with E-state index in [2.05, 4.69) is 5.32 Å². The van der Waals surface area contributed by atoms with Crippen molar-refractivity contribution < 1.29 is 13.2 Å². The molecular formula is C16H25ClN2O3S. The van der Waals surface area contributed by atoms with Gasteiger partial charge in [0.2, 0.25) is 10.0 Å². The maximum absolute atomic E-state index is 12.6. The fraction of sp³-hybridized carbons (Fsp3) is 0.625. The molecule has 0 aromatic heterocycles. The molecule has 7 heteroatoms. The second-order valence-corrected chi connectivity index (χ2v) is 8.14. The highest BCUT2D eigenvalue weighted by molar-refractivity contribution is 7.89. The molecular weight excluding hydrogens is 336 g/mol. The SMILES string of the molecule is COc1ccc(S(=O)(=O)N2CCC(NCC3CC3)CC2)cc1.Cl. The number of benzene rings is 1. The summed E-state index contributed by atoms with van der Waals surface area (Å²) < 4.78 is 31.9. The number of ether oxygens (including phenoxy) is 1. The van der Waals surface area contributed by atoms with Crippen LogP contribution in [-0.4, -0.2) is 45.5 Å². The molecule has 1 aliphatic heterocycles. The lowest BCUT2D eigenvalue weighted by Gasteiger charge is -2.31. The summed E-state index contributed by atoms with van der Waals surface area (Å²) in [6.07, 6.45) is 4.47. The Morgan fingerprint density at radius 1 is 1.13 bits per heavy atom. The van der Waals surface area contributed by atoms with Crippen molar-refractivity contribution in [1.82, 2.24) is 9.62 Å². The second-order valence-electron chi connectivity index (χ2n) is 6.21. The Morgan fingerprint density at radius 2 is 1.74 bits per heavy atom. The maximum atomic E-state index is 12.6. The lowest BCUT2D eigenvalue weighted by molar-refractivity contribution is 0.288. The smallest absolute Gasteiger partial charge is 0.243 e. The number of sulfonamides is 1. The summed E-state index contributed by atoms with van der Waals surface area (Å²) in [6.45, 7) is 2.28. The van der Waals surface area contributed by atoms with Crippen LogP contribution >= 0.6 is 12.4 Å². The van der Waals surface area contributed by atoms with Crippen LogP contribution in [0.25, 0.3) is 0 Å². The minimum Gasteiger partial charge on any atom is -0.497 e. The van der Waals surface area contributed by atoms with Crippen molar-refractivity contribution in [2.45, 2.75) is 36.6 Å². The Bertz CT molecular complexity index is 594. The molecule has 0 bridgehead atoms. The number of hydrogen-bond acceptors (Lipinski definition) is 4. The predicted octanol–water partition coefficient (Wildman–Crippen LogP) is 2.27. The van der Waals surface area contributed by atoms with Crippen molar-refractivity contribution in [3.63, 3.8) is 0 Å². The molecule has 3 rings (SSSR count). The first-order valence-electron chi connectivity index (χ1n) is 7.97. The van der Waals surface area contributed by atoms with Gasteiger partial charge in [0.25, 0.3) is 0 Å². The third kappa shape index (κ3) is 4.59. The standard InChI is InChI=1S/C16H24N2O3S.ClH/c1-21-15-4-6-16(7-5-15)22(19,20)18-10-8-14(9-11-18)17-12-13-2-3-13;/h4-7,13-14,17H,2-3,8-12H2,1H3;1H. The van der Waals surface area contributed by atoms with Gasteiger partial charge in [-0.05, 0) is 62.4 Å². The van der Waals surface area contributed by atoms with E-state index in [1.54, 1.807) is 35.7 Å². The van der Waals surface area contributed by atoms with Crippen molar-refractivity contribution in [2.75, 3.05) is 26.7 Å². The molecule has 1 aliphatic carbocycles. The lowest BCUT2D eigenvalue weighted by Crippen LogP contribution is -2.45. The fourth-order valence-electron chi connectivity index (χ4n) is 2.85. The van der Waals surface area contributed by atoms with E-state index < -0.39 is 10.0 Å². The van der Waals surface area contributed by atoms with Gasteiger partial charge in [0.15, 0.2) is 0 Å². The van der Waals surface area contributed by atoms with E-state index in [0.717, 1.165) is 25.3 Å². The Labute approximate surface area is 144 Å². The van der Waals surface area contributed by atoms with E-state index >= 15 is 0 Å². The number of rotatable bonds is 6. The third-order valence-corrected chi connectivity index (χ3v) is 6.46. The van der Waals surface area contributed by atoms with Gasteiger partial charge in [0.1, 0.15) is 5.75 Å². The molecule has 0 radical (unpaired) electrons. The summed E-state index contributed by atoms with van der Waals surface area (Å²) in [5, 5.41) is 3.57. The minimum absolute atomic E-state index is 0. The molecule has 0 amide bonds. The van der Waals surface area contributed by atoms with Crippen LogP contribution in [0, 0.1) is 5.92 Å². The van der Waals surface area contributed by atoms with Crippen molar-refractivity contribution in [3.05, 3.63) is 24.3 Å². The van der Waals surface area contributed by atoms with Crippen molar-refractivity contribution in [2.24, 2.45) is 5.92 Å². The largest absolute Gasteiger partial charge is 0.497 e. The van der Waals surface area contributed by atoms with Gasteiger partial charge in [-0.15, -0.1) is 12.4 Å². The summed E-state index contributed by atoms with van der Waals surface area (Å²) in [6, 6.07) is 7.08. The maximum Gasteiger partial charge on any atom is 0.243 e. The first-order valence-corrected chi connectivity index (χ1v) is 9.41. The topological polar surface area (TPSA) is 58.6 Å². The highest BCUT2D eigenvalue weighted by Gasteiger charge is 2.30. The average Bonchev–Trinajstić information content (AvgIpc) is 3.38. The second kappa shape index (κ2) is 7.83. The average molecular weight is 361 g/mol.